The van der Waals surface area contributed by atoms with Crippen LogP contribution in [0.5, 0.6) is 0 Å². The van der Waals surface area contributed by atoms with E-state index < -0.39 is 11.6 Å². The Morgan fingerprint density at radius 3 is 2.40 bits per heavy atom. The lowest BCUT2D eigenvalue weighted by atomic mass is 10.00. The van der Waals surface area contributed by atoms with Gasteiger partial charge in [-0.2, -0.15) is 0 Å². The second kappa shape index (κ2) is 9.06. The number of benzene rings is 1. The first-order valence-corrected chi connectivity index (χ1v) is 11.5. The Bertz CT molecular complexity index is 1010. The molecule has 30 heavy (non-hydrogen) atoms. The van der Waals surface area contributed by atoms with Crippen LogP contribution in [0.2, 0.25) is 0 Å². The molecule has 0 saturated heterocycles. The topological polar surface area (TPSA) is 75.2 Å². The van der Waals surface area contributed by atoms with Crippen LogP contribution in [0, 0.1) is 13.8 Å². The molecule has 0 spiro atoms. The molecule has 0 unspecified atom stereocenters. The average molecular weight is 443 g/mol. The molecule has 0 fully saturated rings. The van der Waals surface area contributed by atoms with Gasteiger partial charge in [-0.1, -0.05) is 29.1 Å². The first-order chi connectivity index (χ1) is 14.2. The van der Waals surface area contributed by atoms with E-state index in [1.54, 1.807) is 5.38 Å². The van der Waals surface area contributed by atoms with Crippen molar-refractivity contribution in [3.8, 4) is 0 Å². The molecule has 0 bridgehead atoms. The highest BCUT2D eigenvalue weighted by Crippen LogP contribution is 2.35. The number of hydrogen-bond acceptors (Lipinski definition) is 6. The van der Waals surface area contributed by atoms with Crippen molar-refractivity contribution in [3.05, 3.63) is 62.8 Å². The molecule has 6 nitrogen and oxygen atoms in total. The molecule has 2 amide bonds. The molecule has 3 rings (SSSR count). The molecule has 2 heterocycles. The van der Waals surface area contributed by atoms with E-state index in [0.29, 0.717) is 5.69 Å². The zero-order valence-electron chi connectivity index (χ0n) is 17.8. The molecule has 2 aromatic heterocycles. The monoisotopic (exact) mass is 442 g/mol. The number of carbonyl (C=O) groups excluding carboxylic acids is 2. The minimum Gasteiger partial charge on any atom is -0.349 e. The van der Waals surface area contributed by atoms with Crippen LogP contribution in [0.15, 0.2) is 41.1 Å². The Labute approximate surface area is 185 Å². The fourth-order valence-corrected chi connectivity index (χ4v) is 4.42. The van der Waals surface area contributed by atoms with Crippen LogP contribution in [-0.2, 0) is 4.79 Å². The van der Waals surface area contributed by atoms with Crippen molar-refractivity contribution in [3.63, 3.8) is 0 Å². The number of aromatic nitrogens is 2. The SMILES string of the molecule is CCC(C)(C)NC(=O)[C@@H](c1sccc1C)N(C(=O)c1csnn1)c1ccc(C)cc1. The number of aryl methyl sites for hydroxylation is 2. The van der Waals surface area contributed by atoms with Gasteiger partial charge in [0.2, 0.25) is 5.91 Å². The van der Waals surface area contributed by atoms with Gasteiger partial charge in [-0.25, -0.2) is 0 Å². The van der Waals surface area contributed by atoms with Crippen molar-refractivity contribution in [2.24, 2.45) is 0 Å². The Morgan fingerprint density at radius 2 is 1.87 bits per heavy atom. The molecule has 3 aromatic rings. The molecule has 0 radical (unpaired) electrons. The van der Waals surface area contributed by atoms with Gasteiger partial charge in [0.15, 0.2) is 11.7 Å². The summed E-state index contributed by atoms with van der Waals surface area (Å²) in [6, 6.07) is 8.74. The molecule has 0 aliphatic rings. The number of amides is 2. The number of rotatable bonds is 7. The number of hydrogen-bond donors (Lipinski definition) is 1. The normalized spacial score (nSPS) is 12.4. The Balaban J connectivity index is 2.15. The van der Waals surface area contributed by atoms with E-state index >= 15 is 0 Å². The van der Waals surface area contributed by atoms with Crippen LogP contribution >= 0.6 is 22.9 Å². The predicted octanol–water partition coefficient (Wildman–Crippen LogP) is 4.91. The summed E-state index contributed by atoms with van der Waals surface area (Å²) >= 11 is 2.58. The quantitative estimate of drug-likeness (QED) is 0.564. The number of nitrogens with one attached hydrogen (secondary N) is 1. The minimum absolute atomic E-state index is 0.218. The molecular weight excluding hydrogens is 416 g/mol. The van der Waals surface area contributed by atoms with E-state index in [4.69, 9.17) is 0 Å². The van der Waals surface area contributed by atoms with Crippen molar-refractivity contribution >= 4 is 40.4 Å². The second-order valence-electron chi connectivity index (χ2n) is 7.90. The zero-order chi connectivity index (χ0) is 21.9. The van der Waals surface area contributed by atoms with Gasteiger partial charge in [0.25, 0.3) is 5.91 Å². The molecule has 0 aliphatic heterocycles. The average Bonchev–Trinajstić information content (AvgIpc) is 3.38. The van der Waals surface area contributed by atoms with Gasteiger partial charge in [0, 0.05) is 21.5 Å². The molecular formula is C22H26N4O2S2. The summed E-state index contributed by atoms with van der Waals surface area (Å²) in [7, 11) is 0. The van der Waals surface area contributed by atoms with Gasteiger partial charge in [0.1, 0.15) is 0 Å². The molecule has 158 valence electrons. The summed E-state index contributed by atoms with van der Waals surface area (Å²) in [4.78, 5) is 29.5. The maximum atomic E-state index is 13.6. The number of thiophene rings is 1. The lowest BCUT2D eigenvalue weighted by Gasteiger charge is -2.34. The van der Waals surface area contributed by atoms with Gasteiger partial charge in [0.05, 0.1) is 0 Å². The molecule has 8 heteroatoms. The highest BCUT2D eigenvalue weighted by molar-refractivity contribution is 7.10. The minimum atomic E-state index is -0.812. The van der Waals surface area contributed by atoms with Crippen LogP contribution < -0.4 is 10.2 Å². The van der Waals surface area contributed by atoms with Crippen LogP contribution in [0.25, 0.3) is 0 Å². The van der Waals surface area contributed by atoms with Crippen LogP contribution in [-0.4, -0.2) is 26.9 Å². The Hall–Kier alpha value is -2.58. The lowest BCUT2D eigenvalue weighted by Crippen LogP contribution is -2.50. The highest BCUT2D eigenvalue weighted by Gasteiger charge is 2.37. The third kappa shape index (κ3) is 4.76. The molecule has 1 atom stereocenters. The fraction of sp³-hybridized carbons (Fsp3) is 0.364. The number of carbonyl (C=O) groups is 2. The first kappa shape index (κ1) is 22.1. The van der Waals surface area contributed by atoms with Crippen molar-refractivity contribution in [2.75, 3.05) is 4.90 Å². The maximum Gasteiger partial charge on any atom is 0.280 e. The summed E-state index contributed by atoms with van der Waals surface area (Å²) in [5, 5.41) is 10.6. The van der Waals surface area contributed by atoms with Crippen molar-refractivity contribution in [1.29, 1.82) is 0 Å². The van der Waals surface area contributed by atoms with Gasteiger partial charge < -0.3 is 5.32 Å². The summed E-state index contributed by atoms with van der Waals surface area (Å²) in [6.07, 6.45) is 0.767. The summed E-state index contributed by atoms with van der Waals surface area (Å²) < 4.78 is 3.84. The Morgan fingerprint density at radius 1 is 1.17 bits per heavy atom. The van der Waals surface area contributed by atoms with Crippen LogP contribution in [0.4, 0.5) is 5.69 Å². The lowest BCUT2D eigenvalue weighted by molar-refractivity contribution is -0.124. The van der Waals surface area contributed by atoms with Crippen LogP contribution in [0.3, 0.4) is 0 Å². The van der Waals surface area contributed by atoms with Gasteiger partial charge in [-0.15, -0.1) is 16.4 Å². The number of nitrogens with zero attached hydrogens (tertiary/aromatic N) is 3. The summed E-state index contributed by atoms with van der Waals surface area (Å²) in [6.45, 7) is 9.92. The Kier molecular flexibility index (Phi) is 6.67. The molecule has 1 N–H and O–H groups in total. The third-order valence-electron chi connectivity index (χ3n) is 5.11. The number of anilines is 1. The maximum absolute atomic E-state index is 13.6. The second-order valence-corrected chi connectivity index (χ2v) is 9.46. The molecule has 0 saturated carbocycles. The van der Waals surface area contributed by atoms with E-state index in [0.717, 1.165) is 34.0 Å². The summed E-state index contributed by atoms with van der Waals surface area (Å²) in [5.74, 6) is -0.570. The van der Waals surface area contributed by atoms with Crippen molar-refractivity contribution in [1.82, 2.24) is 14.9 Å². The predicted molar refractivity (Wildman–Crippen MR) is 122 cm³/mol. The molecule has 0 aliphatic carbocycles. The van der Waals surface area contributed by atoms with E-state index in [2.05, 4.69) is 14.9 Å². The van der Waals surface area contributed by atoms with Crippen molar-refractivity contribution < 1.29 is 9.59 Å². The zero-order valence-corrected chi connectivity index (χ0v) is 19.4. The van der Waals surface area contributed by atoms with E-state index in [-0.39, 0.29) is 17.5 Å². The summed E-state index contributed by atoms with van der Waals surface area (Å²) in [5.41, 5.74) is 2.51. The standard InChI is InChI=1S/C22H26N4O2S2/c1-6-22(4,5)23-20(27)18(19-15(3)11-12-29-19)26(16-9-7-14(2)8-10-16)21(28)17-13-30-25-24-17/h7-13,18H,6H2,1-5H3,(H,23,27)/t18-/m1/s1. The van der Waals surface area contributed by atoms with Crippen molar-refractivity contribution in [2.45, 2.75) is 52.6 Å². The smallest absolute Gasteiger partial charge is 0.280 e. The van der Waals surface area contributed by atoms with Gasteiger partial charge in [-0.3, -0.25) is 14.5 Å². The van der Waals surface area contributed by atoms with E-state index in [1.165, 1.54) is 16.2 Å². The van der Waals surface area contributed by atoms with Crippen LogP contribution in [0.1, 0.15) is 59.7 Å². The highest BCUT2D eigenvalue weighted by atomic mass is 32.1. The largest absolute Gasteiger partial charge is 0.349 e. The van der Waals surface area contributed by atoms with E-state index in [1.807, 2.05) is 70.3 Å². The molecule has 1 aromatic carbocycles. The fourth-order valence-electron chi connectivity index (χ4n) is 2.98. The third-order valence-corrected chi connectivity index (χ3v) is 6.69. The van der Waals surface area contributed by atoms with E-state index in [9.17, 15) is 9.59 Å². The van der Waals surface area contributed by atoms with Gasteiger partial charge in [-0.05, 0) is 74.8 Å². The van der Waals surface area contributed by atoms with Gasteiger partial charge >= 0.3 is 0 Å². The first-order valence-electron chi connectivity index (χ1n) is 9.77.